The summed E-state index contributed by atoms with van der Waals surface area (Å²) in [6, 6.07) is 6.40. The minimum atomic E-state index is 0.132. The van der Waals surface area contributed by atoms with Crippen molar-refractivity contribution in [2.75, 3.05) is 13.2 Å². The van der Waals surface area contributed by atoms with Gasteiger partial charge in [0, 0.05) is 8.95 Å². The average molecular weight is 389 g/mol. The van der Waals surface area contributed by atoms with Gasteiger partial charge in [-0.1, -0.05) is 38.8 Å². The smallest absolute Gasteiger partial charge is 0.113 e. The van der Waals surface area contributed by atoms with Crippen molar-refractivity contribution in [2.45, 2.75) is 32.2 Å². The molecule has 1 atom stereocenters. The van der Waals surface area contributed by atoms with E-state index in [0.717, 1.165) is 47.1 Å². The summed E-state index contributed by atoms with van der Waals surface area (Å²) in [5.74, 6) is 1.05. The fourth-order valence-corrected chi connectivity index (χ4v) is 3.02. The fourth-order valence-electron chi connectivity index (χ4n) is 2.17. The van der Waals surface area contributed by atoms with E-state index < -0.39 is 0 Å². The Labute approximate surface area is 131 Å². The summed E-state index contributed by atoms with van der Waals surface area (Å²) in [6.07, 6.45) is 5.54. The van der Waals surface area contributed by atoms with E-state index in [1.807, 2.05) is 6.07 Å². The zero-order valence-corrected chi connectivity index (χ0v) is 14.3. The van der Waals surface area contributed by atoms with Crippen LogP contribution in [-0.2, 0) is 4.74 Å². The van der Waals surface area contributed by atoms with Crippen molar-refractivity contribution in [1.82, 2.24) is 5.32 Å². The molecule has 2 nitrogen and oxygen atoms in total. The Kier molecular flexibility index (Phi) is 5.92. The van der Waals surface area contributed by atoms with Gasteiger partial charge in [-0.05, 0) is 55.6 Å². The van der Waals surface area contributed by atoms with Crippen molar-refractivity contribution in [3.63, 3.8) is 0 Å². The molecule has 0 spiro atoms. The third-order valence-corrected chi connectivity index (χ3v) is 4.33. The maximum absolute atomic E-state index is 5.85. The molecule has 4 heteroatoms. The summed E-state index contributed by atoms with van der Waals surface area (Å²) in [7, 11) is 0. The van der Waals surface area contributed by atoms with Crippen LogP contribution in [0.1, 0.15) is 37.8 Å². The minimum absolute atomic E-state index is 0.132. The Morgan fingerprint density at radius 1 is 1.37 bits per heavy atom. The summed E-state index contributed by atoms with van der Waals surface area (Å²) in [6.45, 7) is 3.97. The van der Waals surface area contributed by atoms with Gasteiger partial charge in [0.1, 0.15) is 5.76 Å². The highest BCUT2D eigenvalue weighted by atomic mass is 79.9. The number of halogens is 2. The van der Waals surface area contributed by atoms with Crippen LogP contribution in [0.3, 0.4) is 0 Å². The van der Waals surface area contributed by atoms with Gasteiger partial charge < -0.3 is 10.1 Å². The topological polar surface area (TPSA) is 21.3 Å². The van der Waals surface area contributed by atoms with Crippen molar-refractivity contribution >= 4 is 31.9 Å². The molecule has 104 valence electrons. The average Bonchev–Trinajstić information content (AvgIpc) is 2.44. The van der Waals surface area contributed by atoms with Gasteiger partial charge in [0.2, 0.25) is 0 Å². The van der Waals surface area contributed by atoms with Crippen LogP contribution in [-0.4, -0.2) is 13.2 Å². The lowest BCUT2D eigenvalue weighted by Crippen LogP contribution is -2.26. The first-order valence-electron chi connectivity index (χ1n) is 6.73. The number of allylic oxidation sites excluding steroid dienone is 1. The second-order valence-corrected chi connectivity index (χ2v) is 6.42. The van der Waals surface area contributed by atoms with Crippen molar-refractivity contribution in [1.29, 1.82) is 0 Å². The van der Waals surface area contributed by atoms with E-state index in [-0.39, 0.29) is 6.04 Å². The van der Waals surface area contributed by atoms with E-state index >= 15 is 0 Å². The third kappa shape index (κ3) is 4.07. The van der Waals surface area contributed by atoms with Crippen molar-refractivity contribution in [3.05, 3.63) is 44.5 Å². The maximum atomic E-state index is 5.85. The van der Waals surface area contributed by atoms with Gasteiger partial charge in [-0.3, -0.25) is 0 Å². The Balaban J connectivity index is 2.30. The number of rotatable bonds is 5. The molecule has 0 radical (unpaired) electrons. The van der Waals surface area contributed by atoms with E-state index in [0.29, 0.717) is 0 Å². The molecule has 0 bridgehead atoms. The molecule has 1 aromatic rings. The van der Waals surface area contributed by atoms with Gasteiger partial charge in [-0.25, -0.2) is 0 Å². The van der Waals surface area contributed by atoms with E-state index in [9.17, 15) is 0 Å². The number of hydrogen-bond acceptors (Lipinski definition) is 2. The third-order valence-electron chi connectivity index (χ3n) is 3.11. The van der Waals surface area contributed by atoms with E-state index in [1.165, 1.54) is 5.56 Å². The second-order valence-electron chi connectivity index (χ2n) is 4.65. The lowest BCUT2D eigenvalue weighted by molar-refractivity contribution is 0.167. The molecule has 0 saturated carbocycles. The number of nitrogens with one attached hydrogen (secondary N) is 1. The predicted octanol–water partition coefficient (Wildman–Crippen LogP) is 4.95. The SMILES string of the molecule is CCCNC(C1=CCCCO1)c1cc(Br)ccc1Br. The lowest BCUT2D eigenvalue weighted by Gasteiger charge is -2.26. The van der Waals surface area contributed by atoms with Gasteiger partial charge >= 0.3 is 0 Å². The molecule has 0 aromatic heterocycles. The van der Waals surface area contributed by atoms with E-state index in [2.05, 4.69) is 62.3 Å². The zero-order valence-electron chi connectivity index (χ0n) is 11.1. The predicted molar refractivity (Wildman–Crippen MR) is 86.1 cm³/mol. The summed E-state index contributed by atoms with van der Waals surface area (Å²) in [5.41, 5.74) is 1.22. The van der Waals surface area contributed by atoms with Gasteiger partial charge in [0.25, 0.3) is 0 Å². The normalized spacial score (nSPS) is 16.7. The monoisotopic (exact) mass is 387 g/mol. The summed E-state index contributed by atoms with van der Waals surface area (Å²) < 4.78 is 8.05. The van der Waals surface area contributed by atoms with E-state index in [1.54, 1.807) is 0 Å². The summed E-state index contributed by atoms with van der Waals surface area (Å²) >= 11 is 7.19. The molecule has 1 aliphatic rings. The first-order valence-corrected chi connectivity index (χ1v) is 8.32. The Hall–Kier alpha value is -0.320. The van der Waals surface area contributed by atoms with Crippen LogP contribution in [0.15, 0.2) is 39.0 Å². The van der Waals surface area contributed by atoms with Gasteiger partial charge in [0.15, 0.2) is 0 Å². The highest BCUT2D eigenvalue weighted by Crippen LogP contribution is 2.33. The molecular formula is C15H19Br2NO. The molecule has 1 aliphatic heterocycles. The molecule has 0 fully saturated rings. The molecule has 19 heavy (non-hydrogen) atoms. The Bertz CT molecular complexity index is 459. The molecule has 1 N–H and O–H groups in total. The summed E-state index contributed by atoms with van der Waals surface area (Å²) in [5, 5.41) is 3.58. The molecular weight excluding hydrogens is 370 g/mol. The lowest BCUT2D eigenvalue weighted by atomic mass is 10.0. The van der Waals surface area contributed by atoms with Crippen LogP contribution >= 0.6 is 31.9 Å². The van der Waals surface area contributed by atoms with Crippen LogP contribution in [0, 0.1) is 0 Å². The van der Waals surface area contributed by atoms with Gasteiger partial charge in [0.05, 0.1) is 12.6 Å². The largest absolute Gasteiger partial charge is 0.496 e. The van der Waals surface area contributed by atoms with E-state index in [4.69, 9.17) is 4.74 Å². The van der Waals surface area contributed by atoms with Gasteiger partial charge in [-0.2, -0.15) is 0 Å². The van der Waals surface area contributed by atoms with Crippen LogP contribution in [0.5, 0.6) is 0 Å². The highest BCUT2D eigenvalue weighted by molar-refractivity contribution is 9.11. The van der Waals surface area contributed by atoms with Crippen LogP contribution in [0.4, 0.5) is 0 Å². The van der Waals surface area contributed by atoms with Crippen molar-refractivity contribution in [3.8, 4) is 0 Å². The first kappa shape index (κ1) is 15.1. The Morgan fingerprint density at radius 2 is 2.21 bits per heavy atom. The quantitative estimate of drug-likeness (QED) is 0.770. The second kappa shape index (κ2) is 7.46. The molecule has 0 aliphatic carbocycles. The first-order chi connectivity index (χ1) is 9.22. The number of benzene rings is 1. The molecule has 0 amide bonds. The zero-order chi connectivity index (χ0) is 13.7. The Morgan fingerprint density at radius 3 is 2.89 bits per heavy atom. The molecule has 2 rings (SSSR count). The minimum Gasteiger partial charge on any atom is -0.496 e. The van der Waals surface area contributed by atoms with Crippen LogP contribution < -0.4 is 5.32 Å². The molecule has 1 aromatic carbocycles. The standard InChI is InChI=1S/C15H19Br2NO/c1-2-8-18-15(14-5-3-4-9-19-14)12-10-11(16)6-7-13(12)17/h5-7,10,15,18H,2-4,8-9H2,1H3. The molecule has 1 unspecified atom stereocenters. The van der Waals surface area contributed by atoms with Crippen LogP contribution in [0.25, 0.3) is 0 Å². The van der Waals surface area contributed by atoms with Crippen molar-refractivity contribution in [2.24, 2.45) is 0 Å². The number of hydrogen-bond donors (Lipinski definition) is 1. The fraction of sp³-hybridized carbons (Fsp3) is 0.467. The van der Waals surface area contributed by atoms with Crippen LogP contribution in [0.2, 0.25) is 0 Å². The van der Waals surface area contributed by atoms with Crippen molar-refractivity contribution < 1.29 is 4.74 Å². The van der Waals surface area contributed by atoms with Gasteiger partial charge in [-0.15, -0.1) is 0 Å². The molecule has 0 saturated heterocycles. The number of ether oxygens (including phenoxy) is 1. The molecule has 1 heterocycles. The highest BCUT2D eigenvalue weighted by Gasteiger charge is 2.21. The summed E-state index contributed by atoms with van der Waals surface area (Å²) in [4.78, 5) is 0. The maximum Gasteiger partial charge on any atom is 0.113 e.